The van der Waals surface area contributed by atoms with Crippen LogP contribution >= 0.6 is 0 Å². The Kier molecular flexibility index (Phi) is 7.92. The van der Waals surface area contributed by atoms with Gasteiger partial charge in [-0.05, 0) is 36.4 Å². The zero-order chi connectivity index (χ0) is 30.9. The molecule has 3 aromatic carbocycles. The minimum atomic E-state index is -4.70. The lowest BCUT2D eigenvalue weighted by atomic mass is 10.1. The Balaban J connectivity index is 1.54. The van der Waals surface area contributed by atoms with E-state index in [1.165, 1.54) is 30.3 Å². The molecule has 0 saturated carbocycles. The normalized spacial score (nSPS) is 14.8. The number of halogens is 3. The van der Waals surface area contributed by atoms with Gasteiger partial charge in [-0.3, -0.25) is 20.3 Å². The number of nitro benzene ring substituents is 1. The Morgan fingerprint density at radius 1 is 1.02 bits per heavy atom. The highest BCUT2D eigenvalue weighted by Crippen LogP contribution is 2.33. The second kappa shape index (κ2) is 11.5. The molecule has 0 aliphatic carbocycles. The first-order valence-electron chi connectivity index (χ1n) is 12.6. The first kappa shape index (κ1) is 29.7. The summed E-state index contributed by atoms with van der Waals surface area (Å²) in [4.78, 5) is 23.9. The molecule has 1 fully saturated rings. The van der Waals surface area contributed by atoms with Gasteiger partial charge in [0.05, 0.1) is 46.1 Å². The van der Waals surface area contributed by atoms with Crippen molar-refractivity contribution in [3.05, 3.63) is 98.3 Å². The summed E-state index contributed by atoms with van der Waals surface area (Å²) in [7, 11) is -4.03. The minimum absolute atomic E-state index is 0.0582. The van der Waals surface area contributed by atoms with E-state index >= 15 is 0 Å². The third-order valence-corrected chi connectivity index (χ3v) is 8.58. The van der Waals surface area contributed by atoms with E-state index in [-0.39, 0.29) is 58.9 Å². The molecule has 1 aliphatic heterocycles. The van der Waals surface area contributed by atoms with Crippen molar-refractivity contribution in [1.29, 1.82) is 0 Å². The molecule has 16 heteroatoms. The van der Waals surface area contributed by atoms with Crippen LogP contribution in [0.4, 0.5) is 24.5 Å². The van der Waals surface area contributed by atoms with Crippen LogP contribution in [0.5, 0.6) is 5.88 Å². The fourth-order valence-corrected chi connectivity index (χ4v) is 6.00. The first-order chi connectivity index (χ1) is 20.4. The van der Waals surface area contributed by atoms with Crippen LogP contribution in [-0.4, -0.2) is 59.8 Å². The van der Waals surface area contributed by atoms with E-state index in [1.807, 2.05) is 0 Å². The lowest BCUT2D eigenvalue weighted by Crippen LogP contribution is -2.40. The van der Waals surface area contributed by atoms with Crippen LogP contribution in [0.3, 0.4) is 0 Å². The fraction of sp³-hybridized carbons (Fsp3) is 0.185. The molecular formula is C27H22F3N5O7S. The number of hydrogen-bond donors (Lipinski definition) is 2. The predicted octanol–water partition coefficient (Wildman–Crippen LogP) is 4.09. The van der Waals surface area contributed by atoms with E-state index in [9.17, 15) is 41.6 Å². The van der Waals surface area contributed by atoms with Crippen molar-refractivity contribution >= 4 is 38.4 Å². The quantitative estimate of drug-likeness (QED) is 0.178. The van der Waals surface area contributed by atoms with Gasteiger partial charge in [0, 0.05) is 29.9 Å². The number of sulfonamides is 1. The molecule has 2 heterocycles. The number of hydrogen-bond acceptors (Lipinski definition) is 9. The van der Waals surface area contributed by atoms with Gasteiger partial charge in [0.2, 0.25) is 15.9 Å². The molecular weight excluding hydrogens is 595 g/mol. The van der Waals surface area contributed by atoms with Crippen LogP contribution in [0.2, 0.25) is 0 Å². The third-order valence-electron chi connectivity index (χ3n) is 6.69. The second-order valence-corrected chi connectivity index (χ2v) is 11.2. The van der Waals surface area contributed by atoms with E-state index in [1.54, 1.807) is 6.07 Å². The molecule has 4 aromatic rings. The van der Waals surface area contributed by atoms with Gasteiger partial charge in [-0.15, -0.1) is 0 Å². The summed E-state index contributed by atoms with van der Waals surface area (Å²) < 4.78 is 73.0. The van der Waals surface area contributed by atoms with Gasteiger partial charge >= 0.3 is 6.18 Å². The Hall–Kier alpha value is -4.80. The van der Waals surface area contributed by atoms with Crippen molar-refractivity contribution in [3.8, 4) is 11.6 Å². The van der Waals surface area contributed by atoms with E-state index in [0.717, 1.165) is 34.8 Å². The lowest BCUT2D eigenvalue weighted by molar-refractivity contribution is -0.384. The van der Waals surface area contributed by atoms with Crippen molar-refractivity contribution < 1.29 is 36.4 Å². The van der Waals surface area contributed by atoms with Gasteiger partial charge in [0.1, 0.15) is 5.69 Å². The Morgan fingerprint density at radius 2 is 1.72 bits per heavy atom. The number of nitrogens with zero attached hydrogens (tertiary/aromatic N) is 4. The molecule has 12 nitrogen and oxygen atoms in total. The van der Waals surface area contributed by atoms with Gasteiger partial charge in [0.15, 0.2) is 0 Å². The van der Waals surface area contributed by atoms with Crippen molar-refractivity contribution in [2.75, 3.05) is 31.7 Å². The number of benzene rings is 3. The molecule has 0 amide bonds. The highest BCUT2D eigenvalue weighted by Gasteiger charge is 2.31. The number of nitrogens with one attached hydrogen (secondary N) is 1. The van der Waals surface area contributed by atoms with E-state index < -0.39 is 43.8 Å². The molecule has 0 atom stereocenters. The zero-order valence-corrected chi connectivity index (χ0v) is 22.8. The molecule has 43 heavy (non-hydrogen) atoms. The van der Waals surface area contributed by atoms with Crippen LogP contribution in [0.25, 0.3) is 16.5 Å². The molecule has 5 rings (SSSR count). The molecule has 0 spiro atoms. The summed E-state index contributed by atoms with van der Waals surface area (Å²) in [5.41, 5.74) is -0.485. The van der Waals surface area contributed by atoms with Crippen LogP contribution in [-0.2, 0) is 20.9 Å². The molecule has 2 N–H and O–H groups in total. The number of aromatic hydroxyl groups is 1. The standard InChI is InChI=1S/C27H22F3N5O7S/c28-27(29,30)17-4-3-5-18(14-17)34-25(36)21-7-2-1-6-20(21)22(26(34)37)16-31-32-23-9-8-19(15-24(23)35(38)39)43(40,41)33-10-12-42-13-11-33/h1-9,14-16,32,37H,10-13H2/b31-16-. The summed E-state index contributed by atoms with van der Waals surface area (Å²) >= 11 is 0. The molecule has 0 unspecified atom stereocenters. The van der Waals surface area contributed by atoms with Crippen molar-refractivity contribution in [1.82, 2.24) is 8.87 Å². The fourth-order valence-electron chi connectivity index (χ4n) is 4.57. The van der Waals surface area contributed by atoms with E-state index in [2.05, 4.69) is 10.5 Å². The van der Waals surface area contributed by atoms with Gasteiger partial charge < -0.3 is 9.84 Å². The Labute approximate surface area is 241 Å². The summed E-state index contributed by atoms with van der Waals surface area (Å²) in [5, 5.41) is 27.1. The number of fused-ring (bicyclic) bond motifs is 1. The highest BCUT2D eigenvalue weighted by atomic mass is 32.2. The van der Waals surface area contributed by atoms with Crippen LogP contribution < -0.4 is 11.0 Å². The van der Waals surface area contributed by atoms with Crippen LogP contribution in [0.15, 0.2) is 81.5 Å². The largest absolute Gasteiger partial charge is 0.494 e. The molecule has 1 aliphatic rings. The van der Waals surface area contributed by atoms with Gasteiger partial charge in [0.25, 0.3) is 11.2 Å². The number of pyridine rings is 1. The topological polar surface area (TPSA) is 156 Å². The number of nitro groups is 1. The maximum atomic E-state index is 13.4. The first-order valence-corrected chi connectivity index (χ1v) is 14.0. The van der Waals surface area contributed by atoms with Gasteiger partial charge in [-0.2, -0.15) is 22.6 Å². The summed E-state index contributed by atoms with van der Waals surface area (Å²) in [5.74, 6) is -0.727. The number of anilines is 1. The SMILES string of the molecule is O=c1c2ccccc2c(/C=N\Nc2ccc(S(=O)(=O)N3CCOCC3)cc2[N+](=O)[O-])c(O)n1-c1cccc(C(F)(F)F)c1. The number of rotatable bonds is 7. The highest BCUT2D eigenvalue weighted by molar-refractivity contribution is 7.89. The molecule has 224 valence electrons. The number of aromatic nitrogens is 1. The molecule has 1 aromatic heterocycles. The monoisotopic (exact) mass is 617 g/mol. The second-order valence-electron chi connectivity index (χ2n) is 9.29. The third kappa shape index (κ3) is 5.79. The zero-order valence-electron chi connectivity index (χ0n) is 22.0. The smallest absolute Gasteiger partial charge is 0.416 e. The maximum Gasteiger partial charge on any atom is 0.416 e. The van der Waals surface area contributed by atoms with E-state index in [4.69, 9.17) is 4.74 Å². The molecule has 0 radical (unpaired) electrons. The summed E-state index contributed by atoms with van der Waals surface area (Å²) in [6, 6.07) is 13.1. The Bertz CT molecular complexity index is 1920. The molecule has 0 bridgehead atoms. The summed E-state index contributed by atoms with van der Waals surface area (Å²) in [6.07, 6.45) is -3.66. The number of morpholine rings is 1. The molecule has 1 saturated heterocycles. The number of alkyl halides is 3. The van der Waals surface area contributed by atoms with Crippen molar-refractivity contribution in [2.45, 2.75) is 11.1 Å². The van der Waals surface area contributed by atoms with Crippen LogP contribution in [0, 0.1) is 10.1 Å². The maximum absolute atomic E-state index is 13.4. The average molecular weight is 618 g/mol. The Morgan fingerprint density at radius 3 is 2.40 bits per heavy atom. The van der Waals surface area contributed by atoms with Gasteiger partial charge in [-0.25, -0.2) is 13.0 Å². The van der Waals surface area contributed by atoms with E-state index in [0.29, 0.717) is 10.6 Å². The predicted molar refractivity (Wildman–Crippen MR) is 150 cm³/mol. The minimum Gasteiger partial charge on any atom is -0.494 e. The van der Waals surface area contributed by atoms with Crippen molar-refractivity contribution in [2.24, 2.45) is 5.10 Å². The number of ether oxygens (including phenoxy) is 1. The number of hydrazone groups is 1. The van der Waals surface area contributed by atoms with Crippen molar-refractivity contribution in [3.63, 3.8) is 0 Å². The van der Waals surface area contributed by atoms with Crippen LogP contribution in [0.1, 0.15) is 11.1 Å². The summed E-state index contributed by atoms with van der Waals surface area (Å²) in [6.45, 7) is 0.581. The lowest BCUT2D eigenvalue weighted by Gasteiger charge is -2.26. The van der Waals surface area contributed by atoms with Gasteiger partial charge in [-0.1, -0.05) is 24.3 Å². The average Bonchev–Trinajstić information content (AvgIpc) is 2.99.